The van der Waals surface area contributed by atoms with Gasteiger partial charge >= 0.3 is 0 Å². The third-order valence-corrected chi connectivity index (χ3v) is 4.52. The fourth-order valence-corrected chi connectivity index (χ4v) is 3.06. The van der Waals surface area contributed by atoms with Gasteiger partial charge in [0.2, 0.25) is 0 Å². The number of carbonyl (C=O) groups excluding carboxylic acids is 1. The molecule has 0 bridgehead atoms. The zero-order valence-electron chi connectivity index (χ0n) is 15.1. The van der Waals surface area contributed by atoms with E-state index in [4.69, 9.17) is 14.2 Å². The molecule has 2 rings (SSSR count). The zero-order chi connectivity index (χ0) is 17.5. The molecule has 0 saturated carbocycles. The predicted octanol–water partition coefficient (Wildman–Crippen LogP) is 2.17. The Morgan fingerprint density at radius 1 is 1.08 bits per heavy atom. The van der Waals surface area contributed by atoms with Crippen LogP contribution in [-0.2, 0) is 0 Å². The van der Waals surface area contributed by atoms with E-state index >= 15 is 0 Å². The van der Waals surface area contributed by atoms with Crippen molar-refractivity contribution in [3.8, 4) is 17.2 Å². The Hall–Kier alpha value is -1.95. The van der Waals surface area contributed by atoms with Crippen molar-refractivity contribution >= 4 is 5.91 Å². The lowest BCUT2D eigenvalue weighted by Gasteiger charge is -2.32. The number of likely N-dealkylation sites (tertiary alicyclic amines) is 1. The summed E-state index contributed by atoms with van der Waals surface area (Å²) in [5, 5.41) is 3.39. The van der Waals surface area contributed by atoms with Crippen LogP contribution in [0.25, 0.3) is 0 Å². The van der Waals surface area contributed by atoms with Crippen molar-refractivity contribution < 1.29 is 19.0 Å². The molecule has 6 heteroatoms. The van der Waals surface area contributed by atoms with Crippen LogP contribution in [0.2, 0.25) is 0 Å². The summed E-state index contributed by atoms with van der Waals surface area (Å²) in [4.78, 5) is 14.8. The maximum Gasteiger partial charge on any atom is 0.257 e. The first-order valence-electron chi connectivity index (χ1n) is 8.44. The second-order valence-corrected chi connectivity index (χ2v) is 5.95. The molecule has 1 fully saturated rings. The molecule has 1 aliphatic heterocycles. The van der Waals surface area contributed by atoms with Crippen LogP contribution in [-0.4, -0.2) is 58.3 Å². The smallest absolute Gasteiger partial charge is 0.257 e. The number of hydrogen-bond donors (Lipinski definition) is 1. The Bertz CT molecular complexity index is 554. The molecule has 1 aromatic carbocycles. The van der Waals surface area contributed by atoms with Crippen LogP contribution < -0.4 is 19.5 Å². The number of hydrogen-bond acceptors (Lipinski definition) is 5. The van der Waals surface area contributed by atoms with Gasteiger partial charge < -0.3 is 24.4 Å². The number of nitrogens with one attached hydrogen (secondary N) is 1. The third kappa shape index (κ3) is 4.12. The molecular weight excluding hydrogens is 308 g/mol. The minimum atomic E-state index is -0.0188. The van der Waals surface area contributed by atoms with Gasteiger partial charge in [-0.2, -0.15) is 0 Å². The first-order chi connectivity index (χ1) is 11.6. The van der Waals surface area contributed by atoms with E-state index in [1.807, 2.05) is 4.90 Å². The number of carbonyl (C=O) groups is 1. The molecule has 1 amide bonds. The van der Waals surface area contributed by atoms with Gasteiger partial charge in [-0.25, -0.2) is 0 Å². The van der Waals surface area contributed by atoms with E-state index in [9.17, 15) is 4.79 Å². The number of ether oxygens (including phenoxy) is 3. The Kier molecular flexibility index (Phi) is 6.73. The first kappa shape index (κ1) is 18.4. The Morgan fingerprint density at radius 2 is 1.67 bits per heavy atom. The number of methoxy groups -OCH3 is 3. The van der Waals surface area contributed by atoms with Crippen LogP contribution in [0.5, 0.6) is 17.2 Å². The Morgan fingerprint density at radius 3 is 2.21 bits per heavy atom. The van der Waals surface area contributed by atoms with Crippen molar-refractivity contribution in [1.29, 1.82) is 0 Å². The SMILES string of the molecule is CCNCC1CCN(C(=O)c2cc(OC)c(OC)cc2OC)CC1. The van der Waals surface area contributed by atoms with E-state index in [1.165, 1.54) is 0 Å². The molecule has 0 aliphatic carbocycles. The summed E-state index contributed by atoms with van der Waals surface area (Å²) in [6, 6.07) is 3.40. The number of amides is 1. The summed E-state index contributed by atoms with van der Waals surface area (Å²) in [6.45, 7) is 5.67. The molecule has 1 aliphatic rings. The van der Waals surface area contributed by atoms with Gasteiger partial charge in [-0.3, -0.25) is 4.79 Å². The molecule has 0 spiro atoms. The largest absolute Gasteiger partial charge is 0.496 e. The van der Waals surface area contributed by atoms with Gasteiger partial charge in [0.1, 0.15) is 5.75 Å². The van der Waals surface area contributed by atoms with Gasteiger partial charge in [-0.15, -0.1) is 0 Å². The lowest BCUT2D eigenvalue weighted by molar-refractivity contribution is 0.0686. The average Bonchev–Trinajstić information content (AvgIpc) is 2.64. The summed E-state index contributed by atoms with van der Waals surface area (Å²) >= 11 is 0. The van der Waals surface area contributed by atoms with E-state index in [1.54, 1.807) is 33.5 Å². The van der Waals surface area contributed by atoms with Gasteiger partial charge in [-0.1, -0.05) is 6.92 Å². The Balaban J connectivity index is 2.12. The maximum atomic E-state index is 12.9. The second kappa shape index (κ2) is 8.78. The normalized spacial score (nSPS) is 15.2. The van der Waals surface area contributed by atoms with Gasteiger partial charge in [0, 0.05) is 25.2 Å². The standard InChI is InChI=1S/C18H28N2O4/c1-5-19-12-13-6-8-20(9-7-13)18(21)14-10-16(23-3)17(24-4)11-15(14)22-2/h10-11,13,19H,5-9,12H2,1-4H3. The minimum absolute atomic E-state index is 0.0188. The molecule has 0 aromatic heterocycles. The molecule has 6 nitrogen and oxygen atoms in total. The first-order valence-corrected chi connectivity index (χ1v) is 8.44. The fourth-order valence-electron chi connectivity index (χ4n) is 3.06. The van der Waals surface area contributed by atoms with Crippen molar-refractivity contribution in [1.82, 2.24) is 10.2 Å². The molecule has 1 saturated heterocycles. The van der Waals surface area contributed by atoms with E-state index in [0.29, 0.717) is 28.7 Å². The van der Waals surface area contributed by atoms with E-state index in [2.05, 4.69) is 12.2 Å². The van der Waals surface area contributed by atoms with Crippen LogP contribution in [0.15, 0.2) is 12.1 Å². The molecule has 24 heavy (non-hydrogen) atoms. The number of rotatable bonds is 7. The third-order valence-electron chi connectivity index (χ3n) is 4.52. The molecule has 0 unspecified atom stereocenters. The summed E-state index contributed by atoms with van der Waals surface area (Å²) in [5.41, 5.74) is 0.514. The lowest BCUT2D eigenvalue weighted by Crippen LogP contribution is -2.40. The zero-order valence-corrected chi connectivity index (χ0v) is 15.1. The van der Waals surface area contributed by atoms with Crippen LogP contribution in [0.1, 0.15) is 30.1 Å². The highest BCUT2D eigenvalue weighted by molar-refractivity contribution is 5.98. The van der Waals surface area contributed by atoms with Crippen molar-refractivity contribution in [2.45, 2.75) is 19.8 Å². The molecule has 1 heterocycles. The van der Waals surface area contributed by atoms with Crippen LogP contribution in [0.4, 0.5) is 0 Å². The quantitative estimate of drug-likeness (QED) is 0.827. The molecule has 0 radical (unpaired) electrons. The summed E-state index contributed by atoms with van der Waals surface area (Å²) in [6.07, 6.45) is 2.04. The summed E-state index contributed by atoms with van der Waals surface area (Å²) in [5.74, 6) is 2.21. The Labute approximate surface area is 144 Å². The van der Waals surface area contributed by atoms with Crippen molar-refractivity contribution in [2.24, 2.45) is 5.92 Å². The highest BCUT2D eigenvalue weighted by Crippen LogP contribution is 2.35. The van der Waals surface area contributed by atoms with E-state index in [0.717, 1.165) is 39.0 Å². The van der Waals surface area contributed by atoms with Crippen molar-refractivity contribution in [2.75, 3.05) is 47.5 Å². The summed E-state index contributed by atoms with van der Waals surface area (Å²) < 4.78 is 16.0. The second-order valence-electron chi connectivity index (χ2n) is 5.95. The average molecular weight is 336 g/mol. The number of piperidine rings is 1. The van der Waals surface area contributed by atoms with Crippen molar-refractivity contribution in [3.63, 3.8) is 0 Å². The summed E-state index contributed by atoms with van der Waals surface area (Å²) in [7, 11) is 4.68. The fraction of sp³-hybridized carbons (Fsp3) is 0.611. The van der Waals surface area contributed by atoms with Crippen molar-refractivity contribution in [3.05, 3.63) is 17.7 Å². The number of benzene rings is 1. The minimum Gasteiger partial charge on any atom is -0.496 e. The van der Waals surface area contributed by atoms with Gasteiger partial charge in [0.15, 0.2) is 11.5 Å². The maximum absolute atomic E-state index is 12.9. The van der Waals surface area contributed by atoms with E-state index < -0.39 is 0 Å². The molecule has 0 atom stereocenters. The molecular formula is C18H28N2O4. The highest BCUT2D eigenvalue weighted by Gasteiger charge is 2.26. The van der Waals surface area contributed by atoms with Crippen LogP contribution >= 0.6 is 0 Å². The molecule has 134 valence electrons. The van der Waals surface area contributed by atoms with E-state index in [-0.39, 0.29) is 5.91 Å². The van der Waals surface area contributed by atoms with Gasteiger partial charge in [0.25, 0.3) is 5.91 Å². The highest BCUT2D eigenvalue weighted by atomic mass is 16.5. The topological polar surface area (TPSA) is 60.0 Å². The van der Waals surface area contributed by atoms with Crippen LogP contribution in [0, 0.1) is 5.92 Å². The molecule has 1 N–H and O–H groups in total. The lowest BCUT2D eigenvalue weighted by atomic mass is 9.96. The molecule has 1 aromatic rings. The van der Waals surface area contributed by atoms with Gasteiger partial charge in [0.05, 0.1) is 26.9 Å². The monoisotopic (exact) mass is 336 g/mol. The van der Waals surface area contributed by atoms with Crippen LogP contribution in [0.3, 0.4) is 0 Å². The van der Waals surface area contributed by atoms with Gasteiger partial charge in [-0.05, 0) is 31.8 Å². The predicted molar refractivity (Wildman–Crippen MR) is 93.3 cm³/mol. The number of nitrogens with zero attached hydrogens (tertiary/aromatic N) is 1.